The van der Waals surface area contributed by atoms with E-state index in [1.807, 2.05) is 16.7 Å². The Kier molecular flexibility index (Phi) is 27.5. The standard InChI is InChI=1S/C15H26NO12P3.2C14H28NO12P3/c1-9-6-11(3)16(7-10(9)2)14-15(4,5)13(17)12(26-14)8-25-30(21,22)28-31(23,24)27-29(18,19)20;2*1-9-5-6-10(2)15(7-9)13-14(3,4)12(16)11(25-13)8-24-29(20,21)27-30(22,23)26-28(17,18)19/h7,12-14,17H,1,3,6,8H2,2,4-5H3,(H,21,22)(H,23,24)(H2,18,19,20);2*9,11-13,16H,2,5-8H2,1,3-4H3,(H,20,21)(H,22,23)(H2,17,18,19). The zero-order valence-electron chi connectivity index (χ0n) is 50.5. The average molecular weight is 1500 g/mol. The van der Waals surface area contributed by atoms with Crippen LogP contribution >= 0.6 is 70.4 Å². The van der Waals surface area contributed by atoms with Gasteiger partial charge >= 0.3 is 70.4 Å². The summed E-state index contributed by atoms with van der Waals surface area (Å²) < 4.78 is 155. The van der Waals surface area contributed by atoms with Crippen LogP contribution in [0.15, 0.2) is 60.8 Å². The van der Waals surface area contributed by atoms with Gasteiger partial charge in [-0.3, -0.25) is 13.6 Å². The first kappa shape index (κ1) is 82.5. The Balaban J connectivity index is 0.000000291. The van der Waals surface area contributed by atoms with Crippen molar-refractivity contribution in [3.05, 3.63) is 60.8 Å². The first-order valence-corrected chi connectivity index (χ1v) is 40.3. The highest BCUT2D eigenvalue weighted by Gasteiger charge is 2.57. The smallest absolute Gasteiger partial charge is 0.390 e. The van der Waals surface area contributed by atoms with Crippen molar-refractivity contribution in [2.75, 3.05) is 32.9 Å². The molecule has 0 aliphatic carbocycles. The van der Waals surface area contributed by atoms with Crippen molar-refractivity contribution in [1.82, 2.24) is 14.7 Å². The molecule has 6 rings (SSSR count). The lowest BCUT2D eigenvalue weighted by molar-refractivity contribution is -0.0914. The molecule has 6 heterocycles. The molecule has 0 bridgehead atoms. The Labute approximate surface area is 523 Å². The van der Waals surface area contributed by atoms with E-state index in [1.54, 1.807) is 52.6 Å². The molecule has 15 N–H and O–H groups in total. The number of hydrogen-bond donors (Lipinski definition) is 15. The fourth-order valence-electron chi connectivity index (χ4n) is 10.2. The molecule has 17 unspecified atom stereocenters. The van der Waals surface area contributed by atoms with Gasteiger partial charge in [-0.1, -0.05) is 81.7 Å². The molecule has 0 spiro atoms. The zero-order valence-corrected chi connectivity index (χ0v) is 58.5. The van der Waals surface area contributed by atoms with Crippen molar-refractivity contribution in [2.24, 2.45) is 28.1 Å². The molecule has 0 aromatic carbocycles. The SMILES string of the molecule is C=C1CC(=C)N(C2OC(COP(=O)(O)OP(=O)(O)OP(=O)(O)O)C(O)C2(C)C)C=C1C.C=C1CCC(C)CN1C1OC(COP(=O)(O)OP(=O)(O)OP(=O)(O)O)C(O)C1(C)C.C=C1CCC(C)CN1C1OC(COP(=O)(O)OP(=O)(O)OP(=O)(O)O)C(O)C1(C)C. The molecule has 0 aromatic rings. The van der Waals surface area contributed by atoms with Gasteiger partial charge in [0.15, 0.2) is 0 Å². The molecule has 6 aliphatic heterocycles. The average Bonchev–Trinajstić information content (AvgIpc) is 1.64. The number of ether oxygens (including phenoxy) is 3. The summed E-state index contributed by atoms with van der Waals surface area (Å²) in [4.78, 5) is 113. The van der Waals surface area contributed by atoms with Gasteiger partial charge in [0.05, 0.1) is 38.1 Å². The molecule has 0 amide bonds. The van der Waals surface area contributed by atoms with Crippen molar-refractivity contribution in [1.29, 1.82) is 0 Å². The molecule has 5 fully saturated rings. The van der Waals surface area contributed by atoms with E-state index in [0.29, 0.717) is 37.0 Å². The number of likely N-dealkylation sites (tertiary alicyclic amines) is 2. The predicted molar refractivity (Wildman–Crippen MR) is 312 cm³/mol. The van der Waals surface area contributed by atoms with Gasteiger partial charge in [0.2, 0.25) is 0 Å². The third-order valence-corrected chi connectivity index (χ3v) is 26.2. The summed E-state index contributed by atoms with van der Waals surface area (Å²) in [6, 6.07) is 0. The van der Waals surface area contributed by atoms with Crippen LogP contribution in [0.2, 0.25) is 0 Å². The lowest BCUT2D eigenvalue weighted by Gasteiger charge is -2.43. The molecular weight excluding hydrogens is 1410 g/mol. The molecule has 17 atom stereocenters. The first-order chi connectivity index (χ1) is 40.7. The Morgan fingerprint density at radius 1 is 0.462 bits per heavy atom. The molecule has 0 aromatic heterocycles. The van der Waals surface area contributed by atoms with Gasteiger partial charge < -0.3 is 103 Å². The normalized spacial score (nSPS) is 32.8. The fourth-order valence-corrected chi connectivity index (χ4v) is 19.2. The first-order valence-electron chi connectivity index (χ1n) is 26.8. The second kappa shape index (κ2) is 30.3. The van der Waals surface area contributed by atoms with E-state index in [2.05, 4.69) is 79.6 Å². The Morgan fingerprint density at radius 3 is 1.02 bits per heavy atom. The molecular formula is C43H82N3O36P9. The van der Waals surface area contributed by atoms with Gasteiger partial charge in [0.25, 0.3) is 0 Å². The number of piperidine rings is 2. The van der Waals surface area contributed by atoms with Gasteiger partial charge in [-0.2, -0.15) is 25.9 Å². The van der Waals surface area contributed by atoms with Gasteiger partial charge in [0.1, 0.15) is 37.0 Å². The molecule has 6 aliphatic rings. The number of rotatable bonds is 24. The summed E-state index contributed by atoms with van der Waals surface area (Å²) >= 11 is 0. The third kappa shape index (κ3) is 24.2. The van der Waals surface area contributed by atoms with Crippen molar-refractivity contribution >= 4 is 70.4 Å². The van der Waals surface area contributed by atoms with Crippen LogP contribution in [-0.2, 0) is 94.7 Å². The number of aliphatic hydroxyl groups is 3. The maximum Gasteiger partial charge on any atom is 0.490 e. The molecule has 0 saturated carbocycles. The van der Waals surface area contributed by atoms with Crippen molar-refractivity contribution < 1.29 is 169 Å². The molecule has 91 heavy (non-hydrogen) atoms. The van der Waals surface area contributed by atoms with Gasteiger partial charge in [-0.25, -0.2) is 41.1 Å². The summed E-state index contributed by atoms with van der Waals surface area (Å²) in [6.07, 6.45) is -3.03. The third-order valence-electron chi connectivity index (χ3n) is 14.8. The second-order valence-electron chi connectivity index (χ2n) is 23.8. The van der Waals surface area contributed by atoms with Gasteiger partial charge in [0, 0.05) is 59.0 Å². The Hall–Kier alpha value is -0.910. The van der Waals surface area contributed by atoms with Crippen molar-refractivity contribution in [2.45, 2.75) is 150 Å². The van der Waals surface area contributed by atoms with Crippen LogP contribution in [-0.4, -0.2) is 177 Å². The molecule has 48 heteroatoms. The number of phosphoric acid groups is 9. The molecule has 39 nitrogen and oxygen atoms in total. The summed E-state index contributed by atoms with van der Waals surface area (Å²) in [6.45, 7) is 31.5. The second-order valence-corrected chi connectivity index (χ2v) is 37.1. The highest BCUT2D eigenvalue weighted by molar-refractivity contribution is 7.67. The maximum absolute atomic E-state index is 11.9. The summed E-state index contributed by atoms with van der Waals surface area (Å²) in [5, 5.41) is 32.0. The monoisotopic (exact) mass is 1500 g/mol. The minimum absolute atomic E-state index is 0.376. The van der Waals surface area contributed by atoms with Crippen molar-refractivity contribution in [3.63, 3.8) is 0 Å². The van der Waals surface area contributed by atoms with E-state index in [4.69, 9.17) is 43.6 Å². The fraction of sp³-hybridized carbons (Fsp3) is 0.767. The van der Waals surface area contributed by atoms with Crippen molar-refractivity contribution in [3.8, 4) is 0 Å². The molecule has 530 valence electrons. The van der Waals surface area contributed by atoms with Gasteiger partial charge in [-0.05, 0) is 55.6 Å². The number of nitrogens with zero attached hydrogens (tertiary/aromatic N) is 3. The summed E-state index contributed by atoms with van der Waals surface area (Å²) in [5.41, 5.74) is 1.57. The van der Waals surface area contributed by atoms with Gasteiger partial charge in [-0.15, -0.1) is 0 Å². The van der Waals surface area contributed by atoms with Crippen LogP contribution in [0.5, 0.6) is 0 Å². The van der Waals surface area contributed by atoms with E-state index < -0.39 is 162 Å². The van der Waals surface area contributed by atoms with E-state index >= 15 is 0 Å². The number of hydrogen-bond acceptors (Lipinski definition) is 27. The van der Waals surface area contributed by atoms with Crippen LogP contribution in [0, 0.1) is 28.1 Å². The van der Waals surface area contributed by atoms with Crippen LogP contribution in [0.3, 0.4) is 0 Å². The molecule has 0 radical (unpaired) electrons. The van der Waals surface area contributed by atoms with Crippen LogP contribution in [0.1, 0.15) is 94.4 Å². The number of aliphatic hydroxyl groups excluding tert-OH is 3. The van der Waals surface area contributed by atoms with Crippen LogP contribution < -0.4 is 0 Å². The minimum atomic E-state index is -5.63. The number of phosphoric ester groups is 3. The molecule has 5 saturated heterocycles. The zero-order chi connectivity index (χ0) is 70.2. The van der Waals surface area contributed by atoms with Crippen LogP contribution in [0.25, 0.3) is 0 Å². The Morgan fingerprint density at radius 2 is 0.736 bits per heavy atom. The predicted octanol–water partition coefficient (Wildman–Crippen LogP) is 5.50. The highest BCUT2D eigenvalue weighted by atomic mass is 31.3. The highest BCUT2D eigenvalue weighted by Crippen LogP contribution is 2.69. The largest absolute Gasteiger partial charge is 0.490 e. The van der Waals surface area contributed by atoms with E-state index in [1.165, 1.54) is 0 Å². The van der Waals surface area contributed by atoms with E-state index in [-0.39, 0.29) is 0 Å². The lowest BCUT2D eigenvalue weighted by Crippen LogP contribution is -2.48. The van der Waals surface area contributed by atoms with E-state index in [0.717, 1.165) is 48.2 Å². The quantitative estimate of drug-likeness (QED) is 0.0531. The number of allylic oxidation sites excluding steroid dienone is 4. The maximum atomic E-state index is 11.9. The summed E-state index contributed by atoms with van der Waals surface area (Å²) in [5.74, 6) is 0.752. The summed E-state index contributed by atoms with van der Waals surface area (Å²) in [7, 11) is -49.2. The van der Waals surface area contributed by atoms with E-state index in [9.17, 15) is 85.8 Å². The lowest BCUT2D eigenvalue weighted by atomic mass is 9.83. The topological polar surface area (TPSA) is 578 Å². The Bertz CT molecular complexity index is 3030. The minimum Gasteiger partial charge on any atom is -0.390 e. The van der Waals surface area contributed by atoms with Crippen LogP contribution in [0.4, 0.5) is 0 Å².